The molecule has 0 saturated carbocycles. The van der Waals surface area contributed by atoms with Crippen LogP contribution in [0.2, 0.25) is 0 Å². The number of nitrogens with zero attached hydrogens (tertiary/aromatic N) is 5. The number of nitrogens with two attached hydrogens (primary N) is 1. The normalized spacial score (nSPS) is 11.9. The zero-order valence-corrected chi connectivity index (χ0v) is 15.5. The maximum absolute atomic E-state index is 12.2. The van der Waals surface area contributed by atoms with Crippen molar-refractivity contribution in [1.29, 1.82) is 0 Å². The van der Waals surface area contributed by atoms with Gasteiger partial charge in [-0.3, -0.25) is 14.8 Å². The first-order valence-electron chi connectivity index (χ1n) is 7.96. The number of amides is 1. The van der Waals surface area contributed by atoms with Crippen LogP contribution in [0.3, 0.4) is 0 Å². The summed E-state index contributed by atoms with van der Waals surface area (Å²) in [5.74, 6) is 5.39. The van der Waals surface area contributed by atoms with E-state index in [2.05, 4.69) is 30.5 Å². The third-order valence-electron chi connectivity index (χ3n) is 3.53. The summed E-state index contributed by atoms with van der Waals surface area (Å²) in [6.45, 7) is 3.89. The Morgan fingerprint density at radius 2 is 2.26 bits per heavy atom. The highest BCUT2D eigenvalue weighted by Crippen LogP contribution is 2.22. The fourth-order valence-corrected chi connectivity index (χ4v) is 2.78. The SMILES string of the molecule is Cc1ccc(N=C/C(=N\N)C(=O)NCc2cc(-c3nccs3)on2)c(C)n1. The number of pyridine rings is 1. The molecule has 0 aromatic carbocycles. The van der Waals surface area contributed by atoms with Crippen molar-refractivity contribution < 1.29 is 9.32 Å². The minimum Gasteiger partial charge on any atom is -0.353 e. The van der Waals surface area contributed by atoms with Crippen molar-refractivity contribution in [2.45, 2.75) is 20.4 Å². The van der Waals surface area contributed by atoms with Crippen molar-refractivity contribution in [2.75, 3.05) is 0 Å². The van der Waals surface area contributed by atoms with Crippen molar-refractivity contribution in [1.82, 2.24) is 20.4 Å². The van der Waals surface area contributed by atoms with Crippen LogP contribution < -0.4 is 11.2 Å². The quantitative estimate of drug-likeness (QED) is 0.381. The van der Waals surface area contributed by atoms with E-state index in [0.717, 1.165) is 16.4 Å². The smallest absolute Gasteiger partial charge is 0.273 e. The molecule has 3 heterocycles. The Kier molecular flexibility index (Phi) is 5.67. The van der Waals surface area contributed by atoms with Gasteiger partial charge in [-0.25, -0.2) is 4.98 Å². The number of nitrogens with one attached hydrogen (secondary N) is 1. The Morgan fingerprint density at radius 3 is 2.96 bits per heavy atom. The Morgan fingerprint density at radius 1 is 1.41 bits per heavy atom. The first kappa shape index (κ1) is 18.4. The van der Waals surface area contributed by atoms with Crippen LogP contribution in [0, 0.1) is 13.8 Å². The van der Waals surface area contributed by atoms with Crippen molar-refractivity contribution in [3.05, 3.63) is 46.9 Å². The zero-order chi connectivity index (χ0) is 19.2. The molecule has 0 spiro atoms. The van der Waals surface area contributed by atoms with Gasteiger partial charge < -0.3 is 15.7 Å². The lowest BCUT2D eigenvalue weighted by molar-refractivity contribution is -0.114. The van der Waals surface area contributed by atoms with E-state index in [0.29, 0.717) is 17.1 Å². The molecule has 0 unspecified atom stereocenters. The second kappa shape index (κ2) is 8.32. The van der Waals surface area contributed by atoms with Crippen molar-refractivity contribution in [3.63, 3.8) is 0 Å². The number of aliphatic imine (C=N–C) groups is 1. The van der Waals surface area contributed by atoms with Gasteiger partial charge in [0, 0.05) is 23.3 Å². The van der Waals surface area contributed by atoms with Crippen LogP contribution in [0.25, 0.3) is 10.8 Å². The van der Waals surface area contributed by atoms with E-state index in [1.165, 1.54) is 17.6 Å². The Bertz CT molecular complexity index is 993. The Balaban J connectivity index is 1.61. The molecular weight excluding hydrogens is 366 g/mol. The molecular formula is C17H17N7O2S. The van der Waals surface area contributed by atoms with Crippen molar-refractivity contribution in [3.8, 4) is 10.8 Å². The topological polar surface area (TPSA) is 132 Å². The molecule has 0 aliphatic heterocycles. The van der Waals surface area contributed by atoms with E-state index < -0.39 is 5.91 Å². The molecule has 0 saturated heterocycles. The molecule has 27 heavy (non-hydrogen) atoms. The predicted octanol–water partition coefficient (Wildman–Crippen LogP) is 2.14. The van der Waals surface area contributed by atoms with E-state index >= 15 is 0 Å². The van der Waals surface area contributed by atoms with E-state index in [4.69, 9.17) is 10.4 Å². The molecule has 0 aliphatic rings. The molecule has 3 aromatic rings. The molecule has 0 bridgehead atoms. The first-order chi connectivity index (χ1) is 13.1. The lowest BCUT2D eigenvalue weighted by Crippen LogP contribution is -2.32. The van der Waals surface area contributed by atoms with Gasteiger partial charge in [0.2, 0.25) is 0 Å². The number of aryl methyl sites for hydroxylation is 2. The summed E-state index contributed by atoms with van der Waals surface area (Å²) >= 11 is 1.44. The highest BCUT2D eigenvalue weighted by molar-refractivity contribution is 7.13. The van der Waals surface area contributed by atoms with E-state index in [-0.39, 0.29) is 12.3 Å². The monoisotopic (exact) mass is 383 g/mol. The number of rotatable bonds is 6. The molecule has 0 fully saturated rings. The largest absolute Gasteiger partial charge is 0.353 e. The van der Waals surface area contributed by atoms with Crippen molar-refractivity contribution >= 4 is 34.9 Å². The third kappa shape index (κ3) is 4.61. The molecule has 10 heteroatoms. The number of carbonyl (C=O) groups excluding carboxylic acids is 1. The Hall–Kier alpha value is -3.40. The van der Waals surface area contributed by atoms with Crippen LogP contribution in [-0.2, 0) is 11.3 Å². The molecule has 138 valence electrons. The zero-order valence-electron chi connectivity index (χ0n) is 14.7. The summed E-state index contributed by atoms with van der Waals surface area (Å²) in [7, 11) is 0. The summed E-state index contributed by atoms with van der Waals surface area (Å²) in [5.41, 5.74) is 2.82. The number of hydrazone groups is 1. The van der Waals surface area contributed by atoms with Gasteiger partial charge in [-0.15, -0.1) is 11.3 Å². The van der Waals surface area contributed by atoms with Crippen LogP contribution in [0.15, 0.2) is 44.4 Å². The Labute approximate surface area is 159 Å². The first-order valence-corrected chi connectivity index (χ1v) is 8.84. The molecule has 3 aromatic heterocycles. The van der Waals surface area contributed by atoms with Crippen LogP contribution >= 0.6 is 11.3 Å². The molecule has 1 amide bonds. The van der Waals surface area contributed by atoms with E-state index in [1.807, 2.05) is 31.4 Å². The van der Waals surface area contributed by atoms with E-state index in [1.54, 1.807) is 12.3 Å². The maximum Gasteiger partial charge on any atom is 0.273 e. The van der Waals surface area contributed by atoms with Crippen LogP contribution in [0.5, 0.6) is 0 Å². The van der Waals surface area contributed by atoms with Gasteiger partial charge in [-0.2, -0.15) is 5.10 Å². The number of hydrogen-bond acceptors (Lipinski definition) is 9. The highest BCUT2D eigenvalue weighted by Gasteiger charge is 2.13. The standard InChI is InChI=1S/C17H17N7O2S/c1-10-3-4-13(11(2)22-10)20-9-14(23-18)16(25)21-8-12-7-15(26-24-12)17-19-5-6-27-17/h3-7,9H,8,18H2,1-2H3,(H,21,25)/b20-9?,23-14+. The van der Waals surface area contributed by atoms with Crippen molar-refractivity contribution in [2.24, 2.45) is 15.9 Å². The van der Waals surface area contributed by atoms with Gasteiger partial charge in [-0.05, 0) is 26.0 Å². The molecule has 0 aliphatic carbocycles. The van der Waals surface area contributed by atoms with Gasteiger partial charge >= 0.3 is 0 Å². The summed E-state index contributed by atoms with van der Waals surface area (Å²) in [6, 6.07) is 5.37. The molecule has 9 nitrogen and oxygen atoms in total. The minimum atomic E-state index is -0.474. The van der Waals surface area contributed by atoms with Crippen LogP contribution in [-0.4, -0.2) is 33.0 Å². The van der Waals surface area contributed by atoms with Gasteiger partial charge in [0.1, 0.15) is 5.69 Å². The maximum atomic E-state index is 12.2. The number of hydrogen-bond donors (Lipinski definition) is 2. The predicted molar refractivity (Wildman–Crippen MR) is 103 cm³/mol. The lowest BCUT2D eigenvalue weighted by Gasteiger charge is -2.03. The van der Waals surface area contributed by atoms with Crippen LogP contribution in [0.1, 0.15) is 17.1 Å². The summed E-state index contributed by atoms with van der Waals surface area (Å²) < 4.78 is 5.21. The lowest BCUT2D eigenvalue weighted by atomic mass is 10.3. The summed E-state index contributed by atoms with van der Waals surface area (Å²) in [5, 5.41) is 12.6. The third-order valence-corrected chi connectivity index (χ3v) is 4.31. The molecule has 0 atom stereocenters. The minimum absolute atomic E-state index is 0.0152. The highest BCUT2D eigenvalue weighted by atomic mass is 32.1. The van der Waals surface area contributed by atoms with E-state index in [9.17, 15) is 4.79 Å². The van der Waals surface area contributed by atoms with Gasteiger partial charge in [0.05, 0.1) is 24.1 Å². The van der Waals surface area contributed by atoms with Gasteiger partial charge in [0.25, 0.3) is 5.91 Å². The number of aromatic nitrogens is 3. The number of carbonyl (C=O) groups is 1. The van der Waals surface area contributed by atoms with Gasteiger partial charge in [0.15, 0.2) is 16.5 Å². The van der Waals surface area contributed by atoms with Crippen LogP contribution in [0.4, 0.5) is 5.69 Å². The fourth-order valence-electron chi connectivity index (χ4n) is 2.20. The summed E-state index contributed by atoms with van der Waals surface area (Å²) in [4.78, 5) is 24.9. The number of thiazole rings is 1. The molecule has 0 radical (unpaired) electrons. The second-order valence-corrected chi connectivity index (χ2v) is 6.43. The average molecular weight is 383 g/mol. The second-order valence-electron chi connectivity index (χ2n) is 5.53. The van der Waals surface area contributed by atoms with Gasteiger partial charge in [-0.1, -0.05) is 5.16 Å². The molecule has 3 rings (SSSR count). The molecule has 3 N–H and O–H groups in total. The average Bonchev–Trinajstić information content (AvgIpc) is 3.33. The summed E-state index contributed by atoms with van der Waals surface area (Å²) in [6.07, 6.45) is 2.98. The fraction of sp³-hybridized carbons (Fsp3) is 0.176.